The molecule has 1 aromatic heterocycles. The van der Waals surface area contributed by atoms with Gasteiger partial charge in [0.25, 0.3) is 0 Å². The Morgan fingerprint density at radius 1 is 1.25 bits per heavy atom. The van der Waals surface area contributed by atoms with Gasteiger partial charge < -0.3 is 15.1 Å². The van der Waals surface area contributed by atoms with Crippen LogP contribution in [-0.4, -0.2) is 26.2 Å². The van der Waals surface area contributed by atoms with Crippen LogP contribution in [0.1, 0.15) is 27.2 Å². The van der Waals surface area contributed by atoms with Crippen molar-refractivity contribution in [3.05, 3.63) is 52.8 Å². The molecule has 1 aliphatic rings. The van der Waals surface area contributed by atoms with E-state index in [-0.39, 0.29) is 12.3 Å². The van der Waals surface area contributed by atoms with Crippen molar-refractivity contribution in [2.24, 2.45) is 0 Å². The topological polar surface area (TPSA) is 86.5 Å². The second-order valence-corrected chi connectivity index (χ2v) is 4.66. The number of anilines is 1. The molecule has 0 atom stereocenters. The maximum absolute atomic E-state index is 10.9. The van der Waals surface area contributed by atoms with Gasteiger partial charge in [0, 0.05) is 19.3 Å². The third-order valence-electron chi connectivity index (χ3n) is 3.32. The Morgan fingerprint density at radius 3 is 2.80 bits per heavy atom. The number of aliphatic hydroxyl groups is 1. The molecule has 2 N–H and O–H groups in total. The van der Waals surface area contributed by atoms with E-state index in [0.717, 1.165) is 16.7 Å². The molecule has 6 nitrogen and oxygen atoms in total. The van der Waals surface area contributed by atoms with Gasteiger partial charge >= 0.3 is 5.97 Å². The van der Waals surface area contributed by atoms with Gasteiger partial charge in [-0.3, -0.25) is 0 Å². The molecule has 6 heteroatoms. The van der Waals surface area contributed by atoms with Crippen LogP contribution in [0.4, 0.5) is 5.95 Å². The molecule has 0 bridgehead atoms. The van der Waals surface area contributed by atoms with Crippen LogP contribution in [0.15, 0.2) is 30.5 Å². The van der Waals surface area contributed by atoms with Gasteiger partial charge in [0.15, 0.2) is 5.69 Å². The number of rotatable bonds is 3. The Morgan fingerprint density at radius 2 is 2.05 bits per heavy atom. The van der Waals surface area contributed by atoms with Gasteiger partial charge in [-0.1, -0.05) is 18.2 Å². The molecular weight excluding hydrogens is 258 g/mol. The van der Waals surface area contributed by atoms with Crippen molar-refractivity contribution < 1.29 is 15.0 Å². The zero-order valence-corrected chi connectivity index (χ0v) is 10.7. The van der Waals surface area contributed by atoms with E-state index in [9.17, 15) is 4.79 Å². The Hall–Kier alpha value is -2.47. The predicted molar refractivity (Wildman–Crippen MR) is 71.2 cm³/mol. The standard InChI is InChI=1S/C14H13N3O3/c18-8-9-1-2-10-6-17(7-11(10)5-9)14-15-4-3-12(16-14)13(19)20/h1-5,18H,6-8H2,(H,19,20). The number of carboxylic acid groups (broad SMARTS) is 1. The highest BCUT2D eigenvalue weighted by atomic mass is 16.4. The van der Waals surface area contributed by atoms with E-state index in [2.05, 4.69) is 9.97 Å². The largest absolute Gasteiger partial charge is 0.477 e. The van der Waals surface area contributed by atoms with Crippen LogP contribution < -0.4 is 4.90 Å². The highest BCUT2D eigenvalue weighted by molar-refractivity contribution is 5.85. The lowest BCUT2D eigenvalue weighted by Crippen LogP contribution is -2.18. The van der Waals surface area contributed by atoms with Crippen LogP contribution in [0.25, 0.3) is 0 Å². The number of benzene rings is 1. The van der Waals surface area contributed by atoms with Crippen molar-refractivity contribution >= 4 is 11.9 Å². The van der Waals surface area contributed by atoms with Crippen molar-refractivity contribution in [3.63, 3.8) is 0 Å². The lowest BCUT2D eigenvalue weighted by molar-refractivity contribution is 0.0690. The second-order valence-electron chi connectivity index (χ2n) is 4.66. The SMILES string of the molecule is O=C(O)c1ccnc(N2Cc3ccc(CO)cc3C2)n1. The number of nitrogens with zero attached hydrogens (tertiary/aromatic N) is 3. The monoisotopic (exact) mass is 271 g/mol. The van der Waals surface area contributed by atoms with Gasteiger partial charge in [0.2, 0.25) is 5.95 Å². The number of hydrogen-bond acceptors (Lipinski definition) is 5. The molecule has 1 aromatic carbocycles. The van der Waals surface area contributed by atoms with E-state index in [1.807, 2.05) is 23.1 Å². The van der Waals surface area contributed by atoms with E-state index < -0.39 is 5.97 Å². The van der Waals surface area contributed by atoms with Crippen molar-refractivity contribution in [1.82, 2.24) is 9.97 Å². The van der Waals surface area contributed by atoms with Gasteiger partial charge in [-0.2, -0.15) is 0 Å². The summed E-state index contributed by atoms with van der Waals surface area (Å²) in [5.74, 6) is -0.653. The predicted octanol–water partition coefficient (Wildman–Crippen LogP) is 1.19. The van der Waals surface area contributed by atoms with E-state index >= 15 is 0 Å². The molecule has 3 rings (SSSR count). The zero-order chi connectivity index (χ0) is 14.1. The van der Waals surface area contributed by atoms with Gasteiger partial charge in [0.1, 0.15) is 0 Å². The summed E-state index contributed by atoms with van der Waals surface area (Å²) in [6, 6.07) is 7.19. The molecule has 0 radical (unpaired) electrons. The van der Waals surface area contributed by atoms with Crippen LogP contribution in [0.5, 0.6) is 0 Å². The smallest absolute Gasteiger partial charge is 0.354 e. The molecule has 2 aromatic rings. The van der Waals surface area contributed by atoms with E-state index in [0.29, 0.717) is 19.0 Å². The summed E-state index contributed by atoms with van der Waals surface area (Å²) in [5.41, 5.74) is 3.11. The number of fused-ring (bicyclic) bond motifs is 1. The quantitative estimate of drug-likeness (QED) is 0.872. The fourth-order valence-corrected chi connectivity index (χ4v) is 2.31. The average Bonchev–Trinajstić information content (AvgIpc) is 2.90. The summed E-state index contributed by atoms with van der Waals surface area (Å²) >= 11 is 0. The minimum Gasteiger partial charge on any atom is -0.477 e. The highest BCUT2D eigenvalue weighted by Crippen LogP contribution is 2.26. The molecule has 1 aliphatic heterocycles. The summed E-state index contributed by atoms with van der Waals surface area (Å²) in [6.45, 7) is 1.27. The lowest BCUT2D eigenvalue weighted by Gasteiger charge is -2.14. The van der Waals surface area contributed by atoms with E-state index in [4.69, 9.17) is 10.2 Å². The van der Waals surface area contributed by atoms with Gasteiger partial charge in [-0.05, 0) is 22.8 Å². The molecule has 0 spiro atoms. The fourth-order valence-electron chi connectivity index (χ4n) is 2.31. The molecule has 0 amide bonds. The third kappa shape index (κ3) is 2.21. The molecule has 0 unspecified atom stereocenters. The van der Waals surface area contributed by atoms with Crippen LogP contribution in [0, 0.1) is 0 Å². The molecule has 102 valence electrons. The normalized spacial score (nSPS) is 13.3. The first kappa shape index (κ1) is 12.6. The first-order chi connectivity index (χ1) is 9.67. The van der Waals surface area contributed by atoms with Crippen molar-refractivity contribution in [3.8, 4) is 0 Å². The van der Waals surface area contributed by atoms with Crippen LogP contribution in [-0.2, 0) is 19.7 Å². The molecule has 0 saturated heterocycles. The molecule has 0 saturated carbocycles. The molecular formula is C14H13N3O3. The second kappa shape index (κ2) is 4.90. The lowest BCUT2D eigenvalue weighted by atomic mass is 10.1. The van der Waals surface area contributed by atoms with Crippen LogP contribution in [0.2, 0.25) is 0 Å². The maximum Gasteiger partial charge on any atom is 0.354 e. The minimum atomic E-state index is -1.06. The van der Waals surface area contributed by atoms with Gasteiger partial charge in [-0.15, -0.1) is 0 Å². The van der Waals surface area contributed by atoms with E-state index in [1.165, 1.54) is 12.3 Å². The van der Waals surface area contributed by atoms with Crippen LogP contribution in [0.3, 0.4) is 0 Å². The Balaban J connectivity index is 1.88. The number of aromatic carboxylic acids is 1. The summed E-state index contributed by atoms with van der Waals surface area (Å²) in [5, 5.41) is 18.1. The minimum absolute atomic E-state index is 0.0120. The molecule has 2 heterocycles. The number of aromatic nitrogens is 2. The molecule has 20 heavy (non-hydrogen) atoms. The maximum atomic E-state index is 10.9. The number of carbonyl (C=O) groups is 1. The van der Waals surface area contributed by atoms with Crippen molar-refractivity contribution in [1.29, 1.82) is 0 Å². The van der Waals surface area contributed by atoms with E-state index in [1.54, 1.807) is 0 Å². The summed E-state index contributed by atoms with van der Waals surface area (Å²) in [4.78, 5) is 21.0. The summed E-state index contributed by atoms with van der Waals surface area (Å²) < 4.78 is 0. The Bertz CT molecular complexity index is 672. The van der Waals surface area contributed by atoms with Gasteiger partial charge in [0.05, 0.1) is 6.61 Å². The van der Waals surface area contributed by atoms with Crippen molar-refractivity contribution in [2.45, 2.75) is 19.7 Å². The zero-order valence-electron chi connectivity index (χ0n) is 10.7. The Labute approximate surface area is 115 Å². The first-order valence-corrected chi connectivity index (χ1v) is 6.20. The van der Waals surface area contributed by atoms with Crippen LogP contribution >= 0.6 is 0 Å². The first-order valence-electron chi connectivity index (χ1n) is 6.20. The number of hydrogen-bond donors (Lipinski definition) is 2. The highest BCUT2D eigenvalue weighted by Gasteiger charge is 2.22. The molecule has 0 fully saturated rings. The third-order valence-corrected chi connectivity index (χ3v) is 3.32. The number of aliphatic hydroxyl groups excluding tert-OH is 1. The van der Waals surface area contributed by atoms with Gasteiger partial charge in [-0.25, -0.2) is 14.8 Å². The summed E-state index contributed by atoms with van der Waals surface area (Å²) in [6.07, 6.45) is 1.45. The average molecular weight is 271 g/mol. The Kier molecular flexibility index (Phi) is 3.08. The summed E-state index contributed by atoms with van der Waals surface area (Å²) in [7, 11) is 0. The molecule has 0 aliphatic carbocycles. The van der Waals surface area contributed by atoms with Crippen molar-refractivity contribution in [2.75, 3.05) is 4.90 Å². The fraction of sp³-hybridized carbons (Fsp3) is 0.214. The number of carboxylic acids is 1.